The van der Waals surface area contributed by atoms with Gasteiger partial charge in [-0.2, -0.15) is 0 Å². The molecule has 0 aliphatic rings. The van der Waals surface area contributed by atoms with E-state index < -0.39 is 0 Å². The molecular formula is C24H23Cl2N3O. The monoisotopic (exact) mass is 439 g/mol. The highest BCUT2D eigenvalue weighted by Crippen LogP contribution is 2.37. The average molecular weight is 440 g/mol. The first-order chi connectivity index (χ1) is 14.5. The summed E-state index contributed by atoms with van der Waals surface area (Å²) in [5.41, 5.74) is 3.70. The van der Waals surface area contributed by atoms with Crippen LogP contribution in [-0.2, 0) is 0 Å². The number of carbonyl (C=O) groups excluding carboxylic acids is 1. The van der Waals surface area contributed by atoms with Crippen LogP contribution in [-0.4, -0.2) is 16.5 Å². The molecule has 0 fully saturated rings. The Balaban J connectivity index is 2.00. The van der Waals surface area contributed by atoms with Gasteiger partial charge in [0.25, 0.3) is 0 Å². The molecule has 1 N–H and O–H groups in total. The average Bonchev–Trinajstić information content (AvgIpc) is 2.77. The zero-order valence-corrected chi connectivity index (χ0v) is 18.4. The van der Waals surface area contributed by atoms with Crippen molar-refractivity contribution in [3.8, 4) is 0 Å². The molecule has 0 bridgehead atoms. The van der Waals surface area contributed by atoms with Gasteiger partial charge in [0.1, 0.15) is 0 Å². The van der Waals surface area contributed by atoms with Crippen LogP contribution in [0.5, 0.6) is 0 Å². The molecule has 154 valence electrons. The van der Waals surface area contributed by atoms with E-state index in [2.05, 4.69) is 17.2 Å². The van der Waals surface area contributed by atoms with Gasteiger partial charge in [0.15, 0.2) is 5.78 Å². The number of para-hydroxylation sites is 1. The highest BCUT2D eigenvalue weighted by atomic mass is 35.5. The van der Waals surface area contributed by atoms with Crippen LogP contribution in [0.3, 0.4) is 0 Å². The van der Waals surface area contributed by atoms with Crippen LogP contribution in [0.25, 0.3) is 0 Å². The number of aromatic nitrogens is 1. The van der Waals surface area contributed by atoms with Crippen molar-refractivity contribution in [3.63, 3.8) is 0 Å². The molecule has 1 heterocycles. The summed E-state index contributed by atoms with van der Waals surface area (Å²) in [4.78, 5) is 21.8. The lowest BCUT2D eigenvalue weighted by Gasteiger charge is -2.16. The molecule has 0 radical (unpaired) electrons. The number of hydrogen-bond donors (Lipinski definition) is 1. The molecule has 3 rings (SSSR count). The molecule has 1 aromatic heterocycles. The molecule has 2 aromatic carbocycles. The molecule has 0 amide bonds. The van der Waals surface area contributed by atoms with Crippen molar-refractivity contribution in [1.82, 2.24) is 4.98 Å². The Kier molecular flexibility index (Phi) is 7.61. The lowest BCUT2D eigenvalue weighted by Crippen LogP contribution is -2.21. The molecule has 1 unspecified atom stereocenters. The maximum Gasteiger partial charge on any atom is 0.171 e. The second-order valence-electron chi connectivity index (χ2n) is 6.95. The summed E-state index contributed by atoms with van der Waals surface area (Å²) in [6.07, 6.45) is 4.81. The molecule has 0 spiro atoms. The third-order valence-corrected chi connectivity index (χ3v) is 5.44. The number of rotatable bonds is 8. The number of anilines is 2. The minimum absolute atomic E-state index is 0.0160. The molecule has 4 nitrogen and oxygen atoms in total. The summed E-state index contributed by atoms with van der Waals surface area (Å²) in [6, 6.07) is 16.7. The van der Waals surface area contributed by atoms with Crippen molar-refractivity contribution in [3.05, 3.63) is 82.6 Å². The van der Waals surface area contributed by atoms with Crippen molar-refractivity contribution >= 4 is 51.8 Å². The van der Waals surface area contributed by atoms with Gasteiger partial charge in [-0.05, 0) is 49.7 Å². The van der Waals surface area contributed by atoms with Gasteiger partial charge in [-0.15, -0.1) is 0 Å². The molecule has 1 atom stereocenters. The summed E-state index contributed by atoms with van der Waals surface area (Å²) in [5.74, 6) is -0.353. The maximum absolute atomic E-state index is 13.0. The van der Waals surface area contributed by atoms with Crippen LogP contribution in [0.2, 0.25) is 10.0 Å². The molecule has 3 aromatic rings. The smallest absolute Gasteiger partial charge is 0.171 e. The molecule has 6 heteroatoms. The second-order valence-corrected chi connectivity index (χ2v) is 7.76. The Morgan fingerprint density at radius 3 is 2.40 bits per heavy atom. The predicted octanol–water partition coefficient (Wildman–Crippen LogP) is 7.52. The van der Waals surface area contributed by atoms with Crippen LogP contribution in [0.1, 0.15) is 37.0 Å². The summed E-state index contributed by atoms with van der Waals surface area (Å²) in [6.45, 7) is 3.95. The molecule has 30 heavy (non-hydrogen) atoms. The lowest BCUT2D eigenvalue weighted by molar-refractivity contribution is 0.0960. The van der Waals surface area contributed by atoms with Crippen LogP contribution < -0.4 is 5.32 Å². The van der Waals surface area contributed by atoms with Gasteiger partial charge >= 0.3 is 0 Å². The standard InChI is InChI=1S/C24H23Cl2N3O/c1-3-7-21(16(2)24(30)17-10-12-27-13-11-17)29-23-15-20(26)19(25)14-22(23)28-18-8-5-4-6-9-18/h4-6,8-16,28H,3,7H2,1-2H3. The topological polar surface area (TPSA) is 54.4 Å². The number of benzene rings is 2. The molecule has 0 saturated carbocycles. The van der Waals surface area contributed by atoms with E-state index in [1.807, 2.05) is 37.3 Å². The predicted molar refractivity (Wildman–Crippen MR) is 126 cm³/mol. The number of nitrogens with one attached hydrogen (secondary N) is 1. The molecule has 0 aliphatic carbocycles. The van der Waals surface area contributed by atoms with Gasteiger partial charge in [-0.1, -0.05) is 54.7 Å². The number of hydrogen-bond acceptors (Lipinski definition) is 4. The number of carbonyl (C=O) groups is 1. The Labute approximate surface area is 187 Å². The van der Waals surface area contributed by atoms with E-state index in [1.54, 1.807) is 36.7 Å². The highest BCUT2D eigenvalue weighted by molar-refractivity contribution is 6.42. The first-order valence-corrected chi connectivity index (χ1v) is 10.6. The zero-order valence-electron chi connectivity index (χ0n) is 16.9. The normalized spacial score (nSPS) is 12.5. The van der Waals surface area contributed by atoms with E-state index in [0.717, 1.165) is 23.5 Å². The van der Waals surface area contributed by atoms with Crippen LogP contribution in [0.4, 0.5) is 17.1 Å². The molecular weight excluding hydrogens is 417 g/mol. The van der Waals surface area contributed by atoms with E-state index in [1.165, 1.54) is 0 Å². The number of ketones is 1. The first kappa shape index (κ1) is 22.0. The third-order valence-electron chi connectivity index (χ3n) is 4.72. The SMILES string of the molecule is CCCC(=Nc1cc(Cl)c(Cl)cc1Nc1ccccc1)C(C)C(=O)c1ccncc1. The fourth-order valence-electron chi connectivity index (χ4n) is 3.10. The number of halogens is 2. The van der Waals surface area contributed by atoms with Crippen LogP contribution in [0.15, 0.2) is 72.0 Å². The first-order valence-electron chi connectivity index (χ1n) is 9.82. The van der Waals surface area contributed by atoms with E-state index in [0.29, 0.717) is 27.7 Å². The number of pyridine rings is 1. The second kappa shape index (κ2) is 10.4. The largest absolute Gasteiger partial charge is 0.354 e. The number of Topliss-reactive ketones (excluding diaryl/α,β-unsaturated/α-hetero) is 1. The Morgan fingerprint density at radius 2 is 1.73 bits per heavy atom. The quantitative estimate of drug-likeness (QED) is 0.291. The van der Waals surface area contributed by atoms with Crippen LogP contribution >= 0.6 is 23.2 Å². The Morgan fingerprint density at radius 1 is 1.07 bits per heavy atom. The van der Waals surface area contributed by atoms with Gasteiger partial charge in [-0.25, -0.2) is 0 Å². The highest BCUT2D eigenvalue weighted by Gasteiger charge is 2.21. The minimum atomic E-state index is -0.369. The van der Waals surface area contributed by atoms with E-state index in [4.69, 9.17) is 28.2 Å². The maximum atomic E-state index is 13.0. The van der Waals surface area contributed by atoms with Crippen molar-refractivity contribution in [1.29, 1.82) is 0 Å². The molecule has 0 aliphatic heterocycles. The number of nitrogens with zero attached hydrogens (tertiary/aromatic N) is 2. The van der Waals surface area contributed by atoms with E-state index in [-0.39, 0.29) is 11.7 Å². The third kappa shape index (κ3) is 5.47. The summed E-state index contributed by atoms with van der Waals surface area (Å²) in [5, 5.41) is 4.20. The van der Waals surface area contributed by atoms with Gasteiger partial charge in [0.05, 0.1) is 27.3 Å². The van der Waals surface area contributed by atoms with E-state index >= 15 is 0 Å². The van der Waals surface area contributed by atoms with Crippen molar-refractivity contribution in [2.75, 3.05) is 5.32 Å². The fraction of sp³-hybridized carbons (Fsp3) is 0.208. The van der Waals surface area contributed by atoms with E-state index in [9.17, 15) is 4.79 Å². The fourth-order valence-corrected chi connectivity index (χ4v) is 3.43. The summed E-state index contributed by atoms with van der Waals surface area (Å²) in [7, 11) is 0. The van der Waals surface area contributed by atoms with Crippen molar-refractivity contribution in [2.24, 2.45) is 10.9 Å². The zero-order chi connectivity index (χ0) is 21.5. The van der Waals surface area contributed by atoms with Crippen molar-refractivity contribution in [2.45, 2.75) is 26.7 Å². The van der Waals surface area contributed by atoms with Crippen LogP contribution in [0, 0.1) is 5.92 Å². The van der Waals surface area contributed by atoms with Gasteiger partial charge < -0.3 is 5.32 Å². The Bertz CT molecular complexity index is 1040. The lowest BCUT2D eigenvalue weighted by atomic mass is 9.93. The van der Waals surface area contributed by atoms with Gasteiger partial charge in [0.2, 0.25) is 0 Å². The Hall–Kier alpha value is -2.69. The molecule has 0 saturated heterocycles. The van der Waals surface area contributed by atoms with Crippen molar-refractivity contribution < 1.29 is 4.79 Å². The van der Waals surface area contributed by atoms with Gasteiger partial charge in [0, 0.05) is 29.4 Å². The number of aliphatic imine (C=N–C) groups is 1. The van der Waals surface area contributed by atoms with Gasteiger partial charge in [-0.3, -0.25) is 14.8 Å². The summed E-state index contributed by atoms with van der Waals surface area (Å²) < 4.78 is 0. The summed E-state index contributed by atoms with van der Waals surface area (Å²) >= 11 is 12.5. The minimum Gasteiger partial charge on any atom is -0.354 e.